The van der Waals surface area contributed by atoms with Crippen molar-refractivity contribution in [1.82, 2.24) is 24.7 Å². The molecule has 0 atom stereocenters. The number of para-hydroxylation sites is 1. The fraction of sp³-hybridized carbons (Fsp3) is 0.231. The van der Waals surface area contributed by atoms with E-state index in [1.807, 2.05) is 29.8 Å². The minimum absolute atomic E-state index is 0.128. The van der Waals surface area contributed by atoms with Crippen molar-refractivity contribution in [1.29, 1.82) is 0 Å². The van der Waals surface area contributed by atoms with Crippen LogP contribution in [0.3, 0.4) is 0 Å². The van der Waals surface area contributed by atoms with Crippen molar-refractivity contribution in [3.05, 3.63) is 46.3 Å². The van der Waals surface area contributed by atoms with Crippen LogP contribution >= 0.6 is 11.8 Å². The van der Waals surface area contributed by atoms with Crippen LogP contribution in [0.25, 0.3) is 10.9 Å². The lowest BCUT2D eigenvalue weighted by Crippen LogP contribution is -2.11. The van der Waals surface area contributed by atoms with Gasteiger partial charge in [0.05, 0.1) is 23.2 Å². The third-order valence-corrected chi connectivity index (χ3v) is 4.14. The highest BCUT2D eigenvalue weighted by atomic mass is 32.2. The smallest absolute Gasteiger partial charge is 0.258 e. The number of hydrogen-bond acceptors (Lipinski definition) is 6. The van der Waals surface area contributed by atoms with E-state index in [2.05, 4.69) is 20.2 Å². The molecule has 0 aliphatic carbocycles. The average molecular weight is 302 g/mol. The van der Waals surface area contributed by atoms with Crippen molar-refractivity contribution in [2.45, 2.75) is 17.5 Å². The summed E-state index contributed by atoms with van der Waals surface area (Å²) in [6.45, 7) is 0.342. The summed E-state index contributed by atoms with van der Waals surface area (Å²) in [7, 11) is 1.86. The minimum Gasteiger partial charge on any atom is -0.324 e. The molecule has 0 radical (unpaired) electrons. The molecule has 2 heterocycles. The summed E-state index contributed by atoms with van der Waals surface area (Å²) >= 11 is 1.45. The van der Waals surface area contributed by atoms with Gasteiger partial charge in [-0.1, -0.05) is 23.9 Å². The first-order valence-electron chi connectivity index (χ1n) is 6.38. The third kappa shape index (κ3) is 2.67. The Labute approximate surface area is 124 Å². The van der Waals surface area contributed by atoms with E-state index in [9.17, 15) is 4.79 Å². The first-order valence-corrected chi connectivity index (χ1v) is 7.36. The highest BCUT2D eigenvalue weighted by molar-refractivity contribution is 7.98. The highest BCUT2D eigenvalue weighted by Gasteiger charge is 2.09. The number of fused-ring (bicyclic) bond motifs is 1. The number of rotatable bonds is 4. The summed E-state index contributed by atoms with van der Waals surface area (Å²) in [6, 6.07) is 7.27. The van der Waals surface area contributed by atoms with E-state index in [0.29, 0.717) is 29.0 Å². The Balaban J connectivity index is 1.85. The van der Waals surface area contributed by atoms with Gasteiger partial charge in [0.15, 0.2) is 5.16 Å². The maximum atomic E-state index is 12.0. The van der Waals surface area contributed by atoms with Crippen LogP contribution < -0.4 is 11.3 Å². The summed E-state index contributed by atoms with van der Waals surface area (Å²) < 4.78 is 1.84. The van der Waals surface area contributed by atoms with E-state index in [1.54, 1.807) is 6.07 Å². The standard InChI is InChI=1S/C13H14N6OS/c1-19-11(6-14)17-18-13(19)21-7-10-15-9-5-3-2-4-8(9)12(20)16-10/h2-5H,6-7,14H2,1H3,(H,15,16,20). The molecule has 3 aromatic rings. The Morgan fingerprint density at radius 2 is 2.14 bits per heavy atom. The second kappa shape index (κ2) is 5.66. The highest BCUT2D eigenvalue weighted by Crippen LogP contribution is 2.19. The van der Waals surface area contributed by atoms with Gasteiger partial charge in [-0.3, -0.25) is 4.79 Å². The van der Waals surface area contributed by atoms with Crippen molar-refractivity contribution < 1.29 is 0 Å². The number of nitrogens with two attached hydrogens (primary N) is 1. The summed E-state index contributed by atoms with van der Waals surface area (Å²) in [6.07, 6.45) is 0. The zero-order chi connectivity index (χ0) is 14.8. The van der Waals surface area contributed by atoms with Gasteiger partial charge in [-0.15, -0.1) is 10.2 Å². The van der Waals surface area contributed by atoms with Crippen LogP contribution in [0.2, 0.25) is 0 Å². The first-order chi connectivity index (χ1) is 10.2. The predicted molar refractivity (Wildman–Crippen MR) is 80.8 cm³/mol. The first kappa shape index (κ1) is 13.8. The van der Waals surface area contributed by atoms with Crippen LogP contribution in [-0.4, -0.2) is 24.7 Å². The summed E-state index contributed by atoms with van der Waals surface area (Å²) in [5.41, 5.74) is 6.13. The Morgan fingerprint density at radius 1 is 1.33 bits per heavy atom. The molecule has 0 spiro atoms. The van der Waals surface area contributed by atoms with Crippen molar-refractivity contribution in [2.75, 3.05) is 0 Å². The van der Waals surface area contributed by atoms with Gasteiger partial charge >= 0.3 is 0 Å². The summed E-state index contributed by atoms with van der Waals surface area (Å²) in [5, 5.41) is 9.39. The molecule has 21 heavy (non-hydrogen) atoms. The van der Waals surface area contributed by atoms with Gasteiger partial charge in [0.25, 0.3) is 5.56 Å². The number of hydrogen-bond donors (Lipinski definition) is 2. The number of benzene rings is 1. The van der Waals surface area contributed by atoms with Gasteiger partial charge in [0, 0.05) is 7.05 Å². The van der Waals surface area contributed by atoms with E-state index >= 15 is 0 Å². The second-order valence-corrected chi connectivity index (χ2v) is 5.42. The Kier molecular flexibility index (Phi) is 3.72. The number of aromatic nitrogens is 5. The molecule has 0 aliphatic heterocycles. The molecule has 2 aromatic heterocycles. The van der Waals surface area contributed by atoms with Crippen LogP contribution in [-0.2, 0) is 19.3 Å². The third-order valence-electron chi connectivity index (χ3n) is 3.11. The molecular weight excluding hydrogens is 288 g/mol. The van der Waals surface area contributed by atoms with Gasteiger partial charge in [-0.2, -0.15) is 0 Å². The zero-order valence-electron chi connectivity index (χ0n) is 11.4. The minimum atomic E-state index is -0.128. The van der Waals surface area contributed by atoms with E-state index in [0.717, 1.165) is 11.0 Å². The number of nitrogens with one attached hydrogen (secondary N) is 1. The van der Waals surface area contributed by atoms with Crippen molar-refractivity contribution in [3.8, 4) is 0 Å². The maximum Gasteiger partial charge on any atom is 0.258 e. The van der Waals surface area contributed by atoms with E-state index in [-0.39, 0.29) is 5.56 Å². The van der Waals surface area contributed by atoms with Gasteiger partial charge in [-0.05, 0) is 12.1 Å². The fourth-order valence-electron chi connectivity index (χ4n) is 1.98. The SMILES string of the molecule is Cn1c(CN)nnc1SCc1nc2ccccc2c(=O)[nH]1. The molecule has 3 rings (SSSR count). The fourth-order valence-corrected chi connectivity index (χ4v) is 2.78. The average Bonchev–Trinajstić information content (AvgIpc) is 2.85. The van der Waals surface area contributed by atoms with E-state index in [4.69, 9.17) is 5.73 Å². The van der Waals surface area contributed by atoms with Crippen LogP contribution in [0.4, 0.5) is 0 Å². The van der Waals surface area contributed by atoms with Crippen molar-refractivity contribution in [2.24, 2.45) is 12.8 Å². The molecule has 0 saturated heterocycles. The quantitative estimate of drug-likeness (QED) is 0.691. The molecule has 0 unspecified atom stereocenters. The zero-order valence-corrected chi connectivity index (χ0v) is 12.2. The lowest BCUT2D eigenvalue weighted by molar-refractivity contribution is 0.734. The Morgan fingerprint density at radius 3 is 2.90 bits per heavy atom. The molecule has 0 saturated carbocycles. The van der Waals surface area contributed by atoms with Crippen LogP contribution in [0, 0.1) is 0 Å². The van der Waals surface area contributed by atoms with Crippen molar-refractivity contribution >= 4 is 22.7 Å². The van der Waals surface area contributed by atoms with E-state index < -0.39 is 0 Å². The van der Waals surface area contributed by atoms with Crippen LogP contribution in [0.5, 0.6) is 0 Å². The molecule has 7 nitrogen and oxygen atoms in total. The number of aromatic amines is 1. The van der Waals surface area contributed by atoms with E-state index in [1.165, 1.54) is 11.8 Å². The number of nitrogens with zero attached hydrogens (tertiary/aromatic N) is 4. The topological polar surface area (TPSA) is 102 Å². The number of thioether (sulfide) groups is 1. The molecular formula is C13H14N6OS. The normalized spacial score (nSPS) is 11.1. The molecule has 0 amide bonds. The molecule has 0 bridgehead atoms. The Hall–Kier alpha value is -2.19. The molecule has 3 N–H and O–H groups in total. The summed E-state index contributed by atoms with van der Waals surface area (Å²) in [5.74, 6) is 1.84. The second-order valence-electron chi connectivity index (χ2n) is 4.48. The van der Waals surface area contributed by atoms with Gasteiger partial charge in [0.2, 0.25) is 0 Å². The predicted octanol–water partition coefficient (Wildman–Crippen LogP) is 0.803. The van der Waals surface area contributed by atoms with Crippen LogP contribution in [0.15, 0.2) is 34.2 Å². The van der Waals surface area contributed by atoms with Gasteiger partial charge in [0.1, 0.15) is 11.6 Å². The molecule has 1 aromatic carbocycles. The summed E-state index contributed by atoms with van der Waals surface area (Å²) in [4.78, 5) is 19.2. The Bertz CT molecular complexity index is 840. The monoisotopic (exact) mass is 302 g/mol. The van der Waals surface area contributed by atoms with Gasteiger partial charge < -0.3 is 15.3 Å². The maximum absolute atomic E-state index is 12.0. The molecule has 108 valence electrons. The van der Waals surface area contributed by atoms with Crippen LogP contribution in [0.1, 0.15) is 11.6 Å². The molecule has 0 aliphatic rings. The van der Waals surface area contributed by atoms with Gasteiger partial charge in [-0.25, -0.2) is 4.98 Å². The molecule has 0 fully saturated rings. The lowest BCUT2D eigenvalue weighted by atomic mass is 10.2. The molecule has 8 heteroatoms. The van der Waals surface area contributed by atoms with Crippen molar-refractivity contribution in [3.63, 3.8) is 0 Å². The largest absolute Gasteiger partial charge is 0.324 e. The lowest BCUT2D eigenvalue weighted by Gasteiger charge is -2.03. The number of H-pyrrole nitrogens is 1.